The highest BCUT2D eigenvalue weighted by molar-refractivity contribution is 7.92. The Kier molecular flexibility index (Phi) is 10.7. The second-order valence-electron chi connectivity index (χ2n) is 9.02. The van der Waals surface area contributed by atoms with Crippen molar-refractivity contribution in [3.05, 3.63) is 93.4 Å². The van der Waals surface area contributed by atoms with Gasteiger partial charge in [0.15, 0.2) is 0 Å². The van der Waals surface area contributed by atoms with Crippen LogP contribution in [0.15, 0.2) is 77.7 Å². The van der Waals surface area contributed by atoms with Crippen LogP contribution in [0.1, 0.15) is 32.8 Å². The van der Waals surface area contributed by atoms with Crippen LogP contribution in [0.2, 0.25) is 15.1 Å². The first-order chi connectivity index (χ1) is 18.4. The second kappa shape index (κ2) is 13.5. The van der Waals surface area contributed by atoms with E-state index in [1.807, 2.05) is 13.8 Å². The minimum atomic E-state index is -4.16. The van der Waals surface area contributed by atoms with Gasteiger partial charge in [0, 0.05) is 33.2 Å². The third-order valence-corrected chi connectivity index (χ3v) is 9.03. The average molecular weight is 611 g/mol. The van der Waals surface area contributed by atoms with Crippen molar-refractivity contribution in [2.24, 2.45) is 0 Å². The Hall–Kier alpha value is -2.78. The van der Waals surface area contributed by atoms with Gasteiger partial charge >= 0.3 is 0 Å². The lowest BCUT2D eigenvalue weighted by molar-refractivity contribution is -0.139. The number of benzene rings is 3. The van der Waals surface area contributed by atoms with Crippen LogP contribution in [-0.4, -0.2) is 43.8 Å². The molecule has 0 heterocycles. The summed E-state index contributed by atoms with van der Waals surface area (Å²) in [6.07, 6.45) is 0.697. The summed E-state index contributed by atoms with van der Waals surface area (Å²) in [5, 5.41) is 3.93. The number of halogens is 3. The minimum Gasteiger partial charge on any atom is -0.352 e. The number of anilines is 1. The zero-order chi connectivity index (χ0) is 28.7. The van der Waals surface area contributed by atoms with Gasteiger partial charge in [-0.05, 0) is 68.8 Å². The number of hydrogen-bond acceptors (Lipinski definition) is 4. The molecule has 0 radical (unpaired) electrons. The molecule has 0 aliphatic rings. The van der Waals surface area contributed by atoms with E-state index in [4.69, 9.17) is 34.8 Å². The topological polar surface area (TPSA) is 86.8 Å². The average Bonchev–Trinajstić information content (AvgIpc) is 2.92. The molecule has 0 aliphatic heterocycles. The molecule has 39 heavy (non-hydrogen) atoms. The van der Waals surface area contributed by atoms with E-state index < -0.39 is 28.5 Å². The second-order valence-corrected chi connectivity index (χ2v) is 12.1. The number of sulfonamides is 1. The summed E-state index contributed by atoms with van der Waals surface area (Å²) < 4.78 is 28.5. The number of rotatable bonds is 11. The van der Waals surface area contributed by atoms with Crippen molar-refractivity contribution >= 4 is 62.3 Å². The molecule has 3 rings (SSSR count). The molecule has 0 spiro atoms. The van der Waals surface area contributed by atoms with Crippen LogP contribution in [0.5, 0.6) is 0 Å². The summed E-state index contributed by atoms with van der Waals surface area (Å²) in [5.41, 5.74) is 0.686. The van der Waals surface area contributed by atoms with Crippen molar-refractivity contribution in [3.63, 3.8) is 0 Å². The Labute approximate surface area is 244 Å². The molecule has 0 fully saturated rings. The summed E-state index contributed by atoms with van der Waals surface area (Å²) in [6, 6.07) is 17.8. The van der Waals surface area contributed by atoms with Crippen LogP contribution in [-0.2, 0) is 26.2 Å². The molecule has 7 nitrogen and oxygen atoms in total. The molecule has 0 saturated carbocycles. The van der Waals surface area contributed by atoms with E-state index in [2.05, 4.69) is 5.32 Å². The number of hydrogen-bond donors (Lipinski definition) is 1. The highest BCUT2D eigenvalue weighted by Crippen LogP contribution is 2.28. The van der Waals surface area contributed by atoms with Gasteiger partial charge in [-0.15, -0.1) is 0 Å². The Morgan fingerprint density at radius 1 is 0.872 bits per heavy atom. The summed E-state index contributed by atoms with van der Waals surface area (Å²) in [5.74, 6) is -1.00. The maximum absolute atomic E-state index is 13.9. The van der Waals surface area contributed by atoms with Gasteiger partial charge in [-0.1, -0.05) is 66.0 Å². The van der Waals surface area contributed by atoms with E-state index in [1.165, 1.54) is 29.2 Å². The van der Waals surface area contributed by atoms with Gasteiger partial charge in [-0.25, -0.2) is 8.42 Å². The minimum absolute atomic E-state index is 0.0102. The molecule has 0 aromatic heterocycles. The van der Waals surface area contributed by atoms with Gasteiger partial charge in [-0.2, -0.15) is 0 Å². The third-order valence-electron chi connectivity index (χ3n) is 6.28. The van der Waals surface area contributed by atoms with Crippen LogP contribution >= 0.6 is 34.8 Å². The van der Waals surface area contributed by atoms with Gasteiger partial charge in [0.05, 0.1) is 10.6 Å². The monoisotopic (exact) mass is 609 g/mol. The standard InChI is InChI=1S/C28H30Cl3N3O4S/c1-4-19(2)32-28(36)20(3)33(17-24-25(30)11-8-12-26(24)31)27(35)18-34(22-15-13-21(29)14-16-22)39(37,38)23-9-6-5-7-10-23/h5-16,19-20H,4,17-18H2,1-3H3,(H,32,36)/t19-,20-/m1/s1. The molecular weight excluding hydrogens is 581 g/mol. The molecule has 3 aromatic rings. The fourth-order valence-electron chi connectivity index (χ4n) is 3.76. The van der Waals surface area contributed by atoms with Crippen molar-refractivity contribution < 1.29 is 18.0 Å². The molecule has 3 aromatic carbocycles. The number of nitrogens with zero attached hydrogens (tertiary/aromatic N) is 2. The van der Waals surface area contributed by atoms with Crippen LogP contribution in [0.25, 0.3) is 0 Å². The maximum atomic E-state index is 13.9. The lowest BCUT2D eigenvalue weighted by atomic mass is 10.1. The van der Waals surface area contributed by atoms with Crippen LogP contribution in [0.3, 0.4) is 0 Å². The number of nitrogens with one attached hydrogen (secondary N) is 1. The Balaban J connectivity index is 2.05. The molecule has 2 atom stereocenters. The van der Waals surface area contributed by atoms with E-state index in [1.54, 1.807) is 55.5 Å². The van der Waals surface area contributed by atoms with Gasteiger partial charge < -0.3 is 10.2 Å². The van der Waals surface area contributed by atoms with E-state index in [9.17, 15) is 18.0 Å². The molecule has 1 N–H and O–H groups in total. The van der Waals surface area contributed by atoms with E-state index in [0.29, 0.717) is 27.1 Å². The summed E-state index contributed by atoms with van der Waals surface area (Å²) in [4.78, 5) is 28.3. The Bertz CT molecular complexity index is 1380. The van der Waals surface area contributed by atoms with Crippen molar-refractivity contribution in [2.45, 2.75) is 50.7 Å². The number of amides is 2. The van der Waals surface area contributed by atoms with Crippen molar-refractivity contribution in [3.8, 4) is 0 Å². The molecule has 0 saturated heterocycles. The predicted octanol–water partition coefficient (Wildman–Crippen LogP) is 6.17. The lowest BCUT2D eigenvalue weighted by Crippen LogP contribution is -2.52. The zero-order valence-electron chi connectivity index (χ0n) is 21.8. The summed E-state index contributed by atoms with van der Waals surface area (Å²) in [6.45, 7) is 4.68. The SMILES string of the molecule is CC[C@@H](C)NC(=O)[C@@H](C)N(Cc1c(Cl)cccc1Cl)C(=O)CN(c1ccc(Cl)cc1)S(=O)(=O)c1ccccc1. The van der Waals surface area contributed by atoms with Crippen LogP contribution in [0, 0.1) is 0 Å². The van der Waals surface area contributed by atoms with Crippen LogP contribution < -0.4 is 9.62 Å². The van der Waals surface area contributed by atoms with Gasteiger partial charge in [0.25, 0.3) is 10.0 Å². The fraction of sp³-hybridized carbons (Fsp3) is 0.286. The molecular formula is C28H30Cl3N3O4S. The van der Waals surface area contributed by atoms with Crippen molar-refractivity contribution in [1.82, 2.24) is 10.2 Å². The Morgan fingerprint density at radius 2 is 1.46 bits per heavy atom. The maximum Gasteiger partial charge on any atom is 0.264 e. The first kappa shape index (κ1) is 30.8. The predicted molar refractivity (Wildman–Crippen MR) is 157 cm³/mol. The number of carbonyl (C=O) groups excluding carboxylic acids is 2. The van der Waals surface area contributed by atoms with Crippen molar-refractivity contribution in [2.75, 3.05) is 10.8 Å². The molecule has 0 unspecified atom stereocenters. The lowest BCUT2D eigenvalue weighted by Gasteiger charge is -2.32. The van der Waals surface area contributed by atoms with Gasteiger partial charge in [0.1, 0.15) is 12.6 Å². The molecule has 0 bridgehead atoms. The highest BCUT2D eigenvalue weighted by Gasteiger charge is 2.33. The third kappa shape index (κ3) is 7.66. The summed E-state index contributed by atoms with van der Waals surface area (Å²) >= 11 is 18.8. The fourth-order valence-corrected chi connectivity index (χ4v) is 5.84. The summed E-state index contributed by atoms with van der Waals surface area (Å²) in [7, 11) is -4.16. The molecule has 11 heteroatoms. The normalized spacial score (nSPS) is 12.9. The van der Waals surface area contributed by atoms with Gasteiger partial charge in [0.2, 0.25) is 11.8 Å². The van der Waals surface area contributed by atoms with Crippen LogP contribution in [0.4, 0.5) is 5.69 Å². The Morgan fingerprint density at radius 3 is 2.03 bits per heavy atom. The quantitative estimate of drug-likeness (QED) is 0.281. The van der Waals surface area contributed by atoms with Gasteiger partial charge in [-0.3, -0.25) is 13.9 Å². The number of carbonyl (C=O) groups is 2. The first-order valence-electron chi connectivity index (χ1n) is 12.3. The van der Waals surface area contributed by atoms with E-state index in [0.717, 1.165) is 4.31 Å². The van der Waals surface area contributed by atoms with Crippen molar-refractivity contribution in [1.29, 1.82) is 0 Å². The first-order valence-corrected chi connectivity index (χ1v) is 14.9. The molecule has 2 amide bonds. The zero-order valence-corrected chi connectivity index (χ0v) is 24.9. The highest BCUT2D eigenvalue weighted by atomic mass is 35.5. The van der Waals surface area contributed by atoms with E-state index in [-0.39, 0.29) is 29.1 Å². The molecule has 0 aliphatic carbocycles. The smallest absolute Gasteiger partial charge is 0.264 e. The van der Waals surface area contributed by atoms with E-state index >= 15 is 0 Å². The molecule has 208 valence electrons. The largest absolute Gasteiger partial charge is 0.352 e.